The number of hydrogen-bond acceptors (Lipinski definition) is 8. The minimum atomic E-state index is -3.96. The maximum absolute atomic E-state index is 13.4. The third-order valence-corrected chi connectivity index (χ3v) is 7.85. The number of rotatable bonds is 6. The summed E-state index contributed by atoms with van der Waals surface area (Å²) in [4.78, 5) is 13.1. The van der Waals surface area contributed by atoms with Crippen LogP contribution in [0.15, 0.2) is 35.2 Å². The number of hydrogen-bond donors (Lipinski definition) is 1. The van der Waals surface area contributed by atoms with Crippen molar-refractivity contribution in [1.29, 1.82) is 0 Å². The number of nitrogens with zero attached hydrogens (tertiary/aromatic N) is 3. The van der Waals surface area contributed by atoms with E-state index in [1.165, 1.54) is 30.7 Å². The fourth-order valence-corrected chi connectivity index (χ4v) is 6.23. The van der Waals surface area contributed by atoms with Gasteiger partial charge >= 0.3 is 0 Å². The first kappa shape index (κ1) is 21.8. The number of fused-ring (bicyclic) bond motifs is 1. The fraction of sp³-hybridized carbons (Fsp3) is 0.316. The SMILES string of the molecule is COc1cc(OC)c(NC(=O)[C@H]2CCCN2S(=O)(=O)c2cccc3nsnc23)cc1Cl. The number of aromatic nitrogens is 2. The summed E-state index contributed by atoms with van der Waals surface area (Å²) in [6, 6.07) is 6.98. The summed E-state index contributed by atoms with van der Waals surface area (Å²) in [5.74, 6) is 0.274. The van der Waals surface area contributed by atoms with Crippen LogP contribution in [-0.4, -0.2) is 54.2 Å². The van der Waals surface area contributed by atoms with Crippen molar-refractivity contribution < 1.29 is 22.7 Å². The lowest BCUT2D eigenvalue weighted by atomic mass is 10.2. The summed E-state index contributed by atoms with van der Waals surface area (Å²) in [6.07, 6.45) is 0.950. The van der Waals surface area contributed by atoms with Crippen molar-refractivity contribution in [3.05, 3.63) is 35.4 Å². The first-order valence-electron chi connectivity index (χ1n) is 9.32. The lowest BCUT2D eigenvalue weighted by Crippen LogP contribution is -2.43. The second-order valence-corrected chi connectivity index (χ2v) is 9.63. The highest BCUT2D eigenvalue weighted by atomic mass is 35.5. The van der Waals surface area contributed by atoms with Crippen molar-refractivity contribution in [2.45, 2.75) is 23.8 Å². The summed E-state index contributed by atoms with van der Waals surface area (Å²) in [5, 5.41) is 3.03. The Labute approximate surface area is 188 Å². The van der Waals surface area contributed by atoms with Crippen LogP contribution in [0.4, 0.5) is 5.69 Å². The van der Waals surface area contributed by atoms with E-state index < -0.39 is 22.0 Å². The minimum absolute atomic E-state index is 0.0449. The Bertz CT molecular complexity index is 1250. The van der Waals surface area contributed by atoms with E-state index >= 15 is 0 Å². The number of amides is 1. The van der Waals surface area contributed by atoms with Crippen molar-refractivity contribution in [3.8, 4) is 11.5 Å². The van der Waals surface area contributed by atoms with E-state index in [1.54, 1.807) is 18.2 Å². The zero-order valence-corrected chi connectivity index (χ0v) is 19.1. The molecular weight excluding hydrogens is 464 g/mol. The first-order chi connectivity index (χ1) is 14.9. The van der Waals surface area contributed by atoms with Crippen LogP contribution in [0, 0.1) is 0 Å². The van der Waals surface area contributed by atoms with Gasteiger partial charge in [0, 0.05) is 12.6 Å². The molecular formula is C19H19ClN4O5S2. The van der Waals surface area contributed by atoms with E-state index in [0.717, 1.165) is 11.7 Å². The second-order valence-electron chi connectivity index (χ2n) is 6.84. The van der Waals surface area contributed by atoms with Crippen molar-refractivity contribution in [3.63, 3.8) is 0 Å². The summed E-state index contributed by atoms with van der Waals surface area (Å²) >= 11 is 7.12. The Kier molecular flexibility index (Phi) is 6.02. The molecule has 0 spiro atoms. The van der Waals surface area contributed by atoms with Gasteiger partial charge in [0.1, 0.15) is 33.5 Å². The van der Waals surface area contributed by atoms with E-state index in [9.17, 15) is 13.2 Å². The van der Waals surface area contributed by atoms with Gasteiger partial charge in [-0.15, -0.1) is 0 Å². The van der Waals surface area contributed by atoms with Crippen LogP contribution < -0.4 is 14.8 Å². The Morgan fingerprint density at radius 1 is 1.23 bits per heavy atom. The molecule has 1 aliphatic rings. The monoisotopic (exact) mass is 482 g/mol. The van der Waals surface area contributed by atoms with Gasteiger partial charge in [-0.2, -0.15) is 13.1 Å². The molecule has 1 atom stereocenters. The van der Waals surface area contributed by atoms with Crippen LogP contribution in [0.2, 0.25) is 5.02 Å². The van der Waals surface area contributed by atoms with Crippen molar-refractivity contribution >= 4 is 56.0 Å². The molecule has 2 heterocycles. The third-order valence-electron chi connectivity index (χ3n) is 5.07. The highest BCUT2D eigenvalue weighted by Gasteiger charge is 2.40. The molecule has 9 nitrogen and oxygen atoms in total. The number of benzene rings is 2. The molecule has 1 fully saturated rings. The highest BCUT2D eigenvalue weighted by Crippen LogP contribution is 2.37. The third kappa shape index (κ3) is 3.93. The Morgan fingerprint density at radius 2 is 2.00 bits per heavy atom. The van der Waals surface area contributed by atoms with Crippen LogP contribution in [0.3, 0.4) is 0 Å². The number of methoxy groups -OCH3 is 2. The predicted molar refractivity (Wildman–Crippen MR) is 118 cm³/mol. The second kappa shape index (κ2) is 8.58. The number of halogens is 1. The summed E-state index contributed by atoms with van der Waals surface area (Å²) < 4.78 is 46.7. The lowest BCUT2D eigenvalue weighted by Gasteiger charge is -2.24. The lowest BCUT2D eigenvalue weighted by molar-refractivity contribution is -0.119. The van der Waals surface area contributed by atoms with Gasteiger partial charge in [0.15, 0.2) is 0 Å². The highest BCUT2D eigenvalue weighted by molar-refractivity contribution is 7.89. The molecule has 1 aliphatic heterocycles. The molecule has 2 aromatic carbocycles. The van der Waals surface area contributed by atoms with E-state index in [2.05, 4.69) is 14.1 Å². The fourth-order valence-electron chi connectivity index (χ4n) is 3.58. The molecule has 0 aliphatic carbocycles. The van der Waals surface area contributed by atoms with Crippen LogP contribution in [-0.2, 0) is 14.8 Å². The number of nitrogens with one attached hydrogen (secondary N) is 1. The van der Waals surface area contributed by atoms with Gasteiger partial charge in [-0.1, -0.05) is 17.7 Å². The normalized spacial score (nSPS) is 17.1. The Balaban J connectivity index is 1.64. The molecule has 0 bridgehead atoms. The number of carbonyl (C=O) groups is 1. The van der Waals surface area contributed by atoms with Crippen molar-refractivity contribution in [2.75, 3.05) is 26.1 Å². The van der Waals surface area contributed by atoms with Gasteiger partial charge in [-0.25, -0.2) is 8.42 Å². The van der Waals surface area contributed by atoms with E-state index in [1.807, 2.05) is 0 Å². The Hall–Kier alpha value is -2.47. The van der Waals surface area contributed by atoms with Gasteiger partial charge in [0.05, 0.1) is 36.7 Å². The van der Waals surface area contributed by atoms with Crippen LogP contribution in [0.1, 0.15) is 12.8 Å². The van der Waals surface area contributed by atoms with Crippen LogP contribution in [0.5, 0.6) is 11.5 Å². The molecule has 0 unspecified atom stereocenters. The van der Waals surface area contributed by atoms with Crippen molar-refractivity contribution in [1.82, 2.24) is 13.1 Å². The summed E-state index contributed by atoms with van der Waals surface area (Å²) in [6.45, 7) is 0.231. The molecule has 12 heteroatoms. The van der Waals surface area contributed by atoms with Crippen LogP contribution >= 0.6 is 23.3 Å². The molecule has 1 N–H and O–H groups in total. The van der Waals surface area contributed by atoms with Gasteiger partial charge < -0.3 is 14.8 Å². The van der Waals surface area contributed by atoms with Gasteiger partial charge in [0.2, 0.25) is 15.9 Å². The van der Waals surface area contributed by atoms with E-state index in [-0.39, 0.29) is 16.5 Å². The average Bonchev–Trinajstić information content (AvgIpc) is 3.43. The molecule has 1 saturated heterocycles. The van der Waals surface area contributed by atoms with E-state index in [4.69, 9.17) is 21.1 Å². The molecule has 1 amide bonds. The van der Waals surface area contributed by atoms with Crippen LogP contribution in [0.25, 0.3) is 11.0 Å². The zero-order valence-electron chi connectivity index (χ0n) is 16.7. The molecule has 1 aromatic heterocycles. The zero-order chi connectivity index (χ0) is 22.2. The first-order valence-corrected chi connectivity index (χ1v) is 11.9. The maximum atomic E-state index is 13.4. The quantitative estimate of drug-likeness (QED) is 0.574. The molecule has 0 saturated carbocycles. The molecule has 0 radical (unpaired) electrons. The summed E-state index contributed by atoms with van der Waals surface area (Å²) in [7, 11) is -1.03. The predicted octanol–water partition coefficient (Wildman–Crippen LogP) is 3.15. The van der Waals surface area contributed by atoms with Gasteiger partial charge in [-0.3, -0.25) is 4.79 Å². The smallest absolute Gasteiger partial charge is 0.246 e. The standard InChI is InChI=1S/C19H19ClN4O5S2/c1-28-15-10-16(29-2)13(9-11(15)20)21-19(25)14-6-4-8-24(14)31(26,27)17-7-3-5-12-18(17)23-30-22-12/h3,5,7,9-10,14H,4,6,8H2,1-2H3,(H,21,25)/t14-/m1/s1. The summed E-state index contributed by atoms with van der Waals surface area (Å²) in [5.41, 5.74) is 1.14. The topological polar surface area (TPSA) is 111 Å². The minimum Gasteiger partial charge on any atom is -0.495 e. The molecule has 164 valence electrons. The number of carbonyl (C=O) groups excluding carboxylic acids is 1. The molecule has 31 heavy (non-hydrogen) atoms. The molecule has 4 rings (SSSR count). The van der Waals surface area contributed by atoms with Gasteiger partial charge in [-0.05, 0) is 31.0 Å². The number of ether oxygens (including phenoxy) is 2. The van der Waals surface area contributed by atoms with Crippen molar-refractivity contribution in [2.24, 2.45) is 0 Å². The average molecular weight is 483 g/mol. The number of sulfonamides is 1. The Morgan fingerprint density at radius 3 is 2.74 bits per heavy atom. The maximum Gasteiger partial charge on any atom is 0.246 e. The largest absolute Gasteiger partial charge is 0.495 e. The molecule has 3 aromatic rings. The van der Waals surface area contributed by atoms with E-state index in [0.29, 0.717) is 41.1 Å². The number of anilines is 1. The van der Waals surface area contributed by atoms with Gasteiger partial charge in [0.25, 0.3) is 0 Å².